The first-order valence-electron chi connectivity index (χ1n) is 12.1. The van der Waals surface area contributed by atoms with Crippen LogP contribution in [-0.4, -0.2) is 52.0 Å². The third-order valence-electron chi connectivity index (χ3n) is 6.31. The second kappa shape index (κ2) is 12.3. The maximum Gasteiger partial charge on any atom is 0.243 e. The molecule has 2 aromatic rings. The topological polar surface area (TPSA) is 94.2 Å². The Morgan fingerprint density at radius 1 is 1.03 bits per heavy atom. The first-order chi connectivity index (χ1) is 16.8. The highest BCUT2D eigenvalue weighted by atomic mass is 32.2. The Morgan fingerprint density at radius 3 is 2.29 bits per heavy atom. The highest BCUT2D eigenvalue weighted by Gasteiger charge is 2.34. The van der Waals surface area contributed by atoms with E-state index in [0.717, 1.165) is 37.7 Å². The van der Waals surface area contributed by atoms with Crippen molar-refractivity contribution in [2.24, 2.45) is 0 Å². The van der Waals surface area contributed by atoms with Gasteiger partial charge in [0.05, 0.1) is 38.3 Å². The molecule has 1 unspecified atom stereocenters. The monoisotopic (exact) mass is 504 g/mol. The fourth-order valence-electron chi connectivity index (χ4n) is 4.42. The summed E-state index contributed by atoms with van der Waals surface area (Å²) in [7, 11) is -0.750. The van der Waals surface area contributed by atoms with Gasteiger partial charge in [-0.25, -0.2) is 8.42 Å². The van der Waals surface area contributed by atoms with Crippen LogP contribution in [-0.2, 0) is 14.8 Å². The third kappa shape index (κ3) is 6.67. The molecule has 0 saturated heterocycles. The lowest BCUT2D eigenvalue weighted by atomic mass is 9.95. The van der Waals surface area contributed by atoms with Crippen molar-refractivity contribution in [1.29, 1.82) is 0 Å². The highest BCUT2D eigenvalue weighted by Crippen LogP contribution is 2.31. The van der Waals surface area contributed by atoms with Crippen LogP contribution in [0.15, 0.2) is 47.4 Å². The SMILES string of the molecule is CCOc1ccc(S(=O)(=O)N(CC(=O)NC(C)c2ccc(OC)c(OC)c2)C2CCCCC2)cc1. The predicted molar refractivity (Wildman–Crippen MR) is 134 cm³/mol. The van der Waals surface area contributed by atoms with Gasteiger partial charge in [-0.05, 0) is 68.7 Å². The van der Waals surface area contributed by atoms with Gasteiger partial charge in [-0.15, -0.1) is 0 Å². The molecule has 8 nitrogen and oxygen atoms in total. The summed E-state index contributed by atoms with van der Waals surface area (Å²) >= 11 is 0. The van der Waals surface area contributed by atoms with E-state index in [9.17, 15) is 13.2 Å². The van der Waals surface area contributed by atoms with E-state index < -0.39 is 10.0 Å². The largest absolute Gasteiger partial charge is 0.494 e. The minimum Gasteiger partial charge on any atom is -0.494 e. The Hall–Kier alpha value is -2.78. The summed E-state index contributed by atoms with van der Waals surface area (Å²) in [6.45, 7) is 3.98. The number of amides is 1. The Labute approximate surface area is 208 Å². The molecule has 3 rings (SSSR count). The molecule has 1 atom stereocenters. The minimum atomic E-state index is -3.87. The predicted octanol–water partition coefficient (Wildman–Crippen LogP) is 4.30. The van der Waals surface area contributed by atoms with E-state index in [2.05, 4.69) is 5.32 Å². The van der Waals surface area contributed by atoms with Crippen molar-refractivity contribution in [2.45, 2.75) is 62.9 Å². The van der Waals surface area contributed by atoms with Gasteiger partial charge in [-0.3, -0.25) is 4.79 Å². The summed E-state index contributed by atoms with van der Waals surface area (Å²) < 4.78 is 44.7. The average molecular weight is 505 g/mol. The Morgan fingerprint density at radius 2 is 1.69 bits per heavy atom. The fourth-order valence-corrected chi connectivity index (χ4v) is 6.06. The zero-order valence-corrected chi connectivity index (χ0v) is 21.8. The summed E-state index contributed by atoms with van der Waals surface area (Å²) in [6, 6.07) is 11.3. The first-order valence-corrected chi connectivity index (χ1v) is 13.5. The van der Waals surface area contributed by atoms with Crippen LogP contribution in [0.3, 0.4) is 0 Å². The van der Waals surface area contributed by atoms with Gasteiger partial charge in [0.2, 0.25) is 15.9 Å². The first kappa shape index (κ1) is 26.8. The van der Waals surface area contributed by atoms with Crippen LogP contribution in [0.4, 0.5) is 0 Å². The molecule has 0 heterocycles. The molecule has 9 heteroatoms. The van der Waals surface area contributed by atoms with E-state index in [1.54, 1.807) is 50.6 Å². The van der Waals surface area contributed by atoms with Crippen molar-refractivity contribution in [3.05, 3.63) is 48.0 Å². The van der Waals surface area contributed by atoms with Gasteiger partial charge in [0, 0.05) is 6.04 Å². The van der Waals surface area contributed by atoms with Gasteiger partial charge < -0.3 is 19.5 Å². The molecule has 1 aliphatic carbocycles. The van der Waals surface area contributed by atoms with Crippen LogP contribution in [0.25, 0.3) is 0 Å². The van der Waals surface area contributed by atoms with E-state index in [0.29, 0.717) is 23.9 Å². The lowest BCUT2D eigenvalue weighted by Crippen LogP contribution is -2.47. The summed E-state index contributed by atoms with van der Waals surface area (Å²) in [5.74, 6) is 1.41. The van der Waals surface area contributed by atoms with Crippen LogP contribution in [0.2, 0.25) is 0 Å². The molecule has 192 valence electrons. The Balaban J connectivity index is 1.79. The number of carbonyl (C=O) groups is 1. The third-order valence-corrected chi connectivity index (χ3v) is 8.22. The van der Waals surface area contributed by atoms with E-state index in [1.807, 2.05) is 19.9 Å². The zero-order chi connectivity index (χ0) is 25.4. The second-order valence-corrected chi connectivity index (χ2v) is 10.5. The summed E-state index contributed by atoms with van der Waals surface area (Å²) in [6.07, 6.45) is 4.47. The van der Waals surface area contributed by atoms with E-state index in [1.165, 1.54) is 4.31 Å². The van der Waals surface area contributed by atoms with Crippen molar-refractivity contribution in [1.82, 2.24) is 9.62 Å². The number of hydrogen-bond acceptors (Lipinski definition) is 6. The van der Waals surface area contributed by atoms with E-state index in [4.69, 9.17) is 14.2 Å². The molecule has 35 heavy (non-hydrogen) atoms. The normalized spacial score (nSPS) is 15.5. The molecule has 1 amide bonds. The number of benzene rings is 2. The summed E-state index contributed by atoms with van der Waals surface area (Å²) in [4.78, 5) is 13.2. The second-order valence-electron chi connectivity index (χ2n) is 8.65. The number of ether oxygens (including phenoxy) is 3. The summed E-state index contributed by atoms with van der Waals surface area (Å²) in [5, 5.41) is 2.94. The molecular weight excluding hydrogens is 468 g/mol. The standard InChI is InChI=1S/C26H36N2O6S/c1-5-34-22-12-14-23(15-13-22)35(30,31)28(21-9-7-6-8-10-21)18-26(29)27-19(2)20-11-16-24(32-3)25(17-20)33-4/h11-17,19,21H,5-10,18H2,1-4H3,(H,27,29). The molecule has 0 aliphatic heterocycles. The summed E-state index contributed by atoms with van der Waals surface area (Å²) in [5.41, 5.74) is 0.828. The molecule has 1 fully saturated rings. The van der Waals surface area contributed by atoms with Gasteiger partial charge in [0.1, 0.15) is 5.75 Å². The lowest BCUT2D eigenvalue weighted by molar-refractivity contribution is -0.122. The maximum absolute atomic E-state index is 13.6. The van der Waals surface area contributed by atoms with Crippen LogP contribution >= 0.6 is 0 Å². The van der Waals surface area contributed by atoms with Crippen molar-refractivity contribution in [2.75, 3.05) is 27.4 Å². The van der Waals surface area contributed by atoms with Gasteiger partial charge in [0.25, 0.3) is 0 Å². The van der Waals surface area contributed by atoms with Gasteiger partial charge in [-0.1, -0.05) is 25.3 Å². The maximum atomic E-state index is 13.6. The smallest absolute Gasteiger partial charge is 0.243 e. The number of nitrogens with zero attached hydrogens (tertiary/aromatic N) is 1. The van der Waals surface area contributed by atoms with Crippen LogP contribution in [0.1, 0.15) is 57.6 Å². The van der Waals surface area contributed by atoms with E-state index >= 15 is 0 Å². The van der Waals surface area contributed by atoms with Gasteiger partial charge in [0.15, 0.2) is 11.5 Å². The fraction of sp³-hybridized carbons (Fsp3) is 0.500. The van der Waals surface area contributed by atoms with Crippen LogP contribution < -0.4 is 19.5 Å². The van der Waals surface area contributed by atoms with Crippen molar-refractivity contribution < 1.29 is 27.4 Å². The molecule has 0 aromatic heterocycles. The molecule has 2 aromatic carbocycles. The van der Waals surface area contributed by atoms with Crippen LogP contribution in [0.5, 0.6) is 17.2 Å². The van der Waals surface area contributed by atoms with Crippen LogP contribution in [0, 0.1) is 0 Å². The highest BCUT2D eigenvalue weighted by molar-refractivity contribution is 7.89. The Bertz CT molecular complexity index is 1080. The number of hydrogen-bond donors (Lipinski definition) is 1. The van der Waals surface area contributed by atoms with Gasteiger partial charge in [-0.2, -0.15) is 4.31 Å². The average Bonchev–Trinajstić information content (AvgIpc) is 2.87. The molecule has 1 saturated carbocycles. The molecule has 0 spiro atoms. The van der Waals surface area contributed by atoms with Gasteiger partial charge >= 0.3 is 0 Å². The molecule has 0 radical (unpaired) electrons. The molecule has 0 bridgehead atoms. The molecular formula is C26H36N2O6S. The van der Waals surface area contributed by atoms with Crippen molar-refractivity contribution in [3.63, 3.8) is 0 Å². The minimum absolute atomic E-state index is 0.160. The molecule has 1 aliphatic rings. The lowest BCUT2D eigenvalue weighted by Gasteiger charge is -2.33. The van der Waals surface area contributed by atoms with Crippen molar-refractivity contribution in [3.8, 4) is 17.2 Å². The van der Waals surface area contributed by atoms with Crippen molar-refractivity contribution >= 4 is 15.9 Å². The number of sulfonamides is 1. The number of carbonyl (C=O) groups excluding carboxylic acids is 1. The molecule has 1 N–H and O–H groups in total. The van der Waals surface area contributed by atoms with E-state index in [-0.39, 0.29) is 29.4 Å². The Kier molecular flexibility index (Phi) is 9.40. The number of methoxy groups -OCH3 is 2. The number of nitrogens with one attached hydrogen (secondary N) is 1. The number of rotatable bonds is 11. The quantitative estimate of drug-likeness (QED) is 0.490. The zero-order valence-electron chi connectivity index (χ0n) is 21.0.